The van der Waals surface area contributed by atoms with E-state index in [1.54, 1.807) is 6.20 Å². The summed E-state index contributed by atoms with van der Waals surface area (Å²) in [5.41, 5.74) is 9.75. The molecule has 2 aromatic rings. The number of nitrogens with two attached hydrogens (primary N) is 1. The monoisotopic (exact) mass is 290 g/mol. The molecule has 0 saturated heterocycles. The zero-order valence-corrected chi connectivity index (χ0v) is 11.3. The SMILES string of the molecule is Cc1ccc(CC(N)c2cncc(Br)c2)cc1. The third-order valence-electron chi connectivity index (χ3n) is 2.73. The third kappa shape index (κ3) is 3.38. The summed E-state index contributed by atoms with van der Waals surface area (Å²) in [5.74, 6) is 0. The fraction of sp³-hybridized carbons (Fsp3) is 0.214. The molecule has 0 fully saturated rings. The number of pyridine rings is 1. The molecule has 2 rings (SSSR count). The van der Waals surface area contributed by atoms with Crippen molar-refractivity contribution in [1.82, 2.24) is 4.98 Å². The molecule has 2 nitrogen and oxygen atoms in total. The maximum atomic E-state index is 6.17. The highest BCUT2D eigenvalue weighted by Crippen LogP contribution is 2.18. The highest BCUT2D eigenvalue weighted by atomic mass is 79.9. The number of rotatable bonds is 3. The zero-order valence-electron chi connectivity index (χ0n) is 9.73. The largest absolute Gasteiger partial charge is 0.324 e. The minimum Gasteiger partial charge on any atom is -0.324 e. The van der Waals surface area contributed by atoms with E-state index in [0.717, 1.165) is 16.5 Å². The second-order valence-corrected chi connectivity index (χ2v) is 5.15. The van der Waals surface area contributed by atoms with Gasteiger partial charge in [-0.05, 0) is 46.5 Å². The molecule has 88 valence electrons. The molecule has 3 heteroatoms. The van der Waals surface area contributed by atoms with Gasteiger partial charge in [0, 0.05) is 22.9 Å². The van der Waals surface area contributed by atoms with Gasteiger partial charge in [-0.2, -0.15) is 0 Å². The van der Waals surface area contributed by atoms with Crippen LogP contribution in [0.3, 0.4) is 0 Å². The van der Waals surface area contributed by atoms with Gasteiger partial charge >= 0.3 is 0 Å². The van der Waals surface area contributed by atoms with Crippen molar-refractivity contribution in [3.05, 3.63) is 63.9 Å². The molecular weight excluding hydrogens is 276 g/mol. The number of nitrogens with zero attached hydrogens (tertiary/aromatic N) is 1. The second kappa shape index (κ2) is 5.43. The van der Waals surface area contributed by atoms with Crippen LogP contribution in [0.5, 0.6) is 0 Å². The molecule has 0 saturated carbocycles. The quantitative estimate of drug-likeness (QED) is 0.941. The van der Waals surface area contributed by atoms with Crippen LogP contribution in [0.1, 0.15) is 22.7 Å². The standard InChI is InChI=1S/C14H15BrN2/c1-10-2-4-11(5-3-10)6-14(16)12-7-13(15)9-17-8-12/h2-5,7-9,14H,6,16H2,1H3. The Labute approximate surface area is 110 Å². The van der Waals surface area contributed by atoms with E-state index in [4.69, 9.17) is 5.73 Å². The number of halogens is 1. The zero-order chi connectivity index (χ0) is 12.3. The molecule has 0 bridgehead atoms. The van der Waals surface area contributed by atoms with Gasteiger partial charge in [-0.3, -0.25) is 4.98 Å². The first-order chi connectivity index (χ1) is 8.15. The smallest absolute Gasteiger partial charge is 0.0410 e. The Kier molecular flexibility index (Phi) is 3.92. The number of hydrogen-bond donors (Lipinski definition) is 1. The predicted octanol–water partition coefficient (Wildman–Crippen LogP) is 3.40. The average molecular weight is 291 g/mol. The van der Waals surface area contributed by atoms with Gasteiger partial charge in [-0.1, -0.05) is 29.8 Å². The fourth-order valence-corrected chi connectivity index (χ4v) is 2.11. The van der Waals surface area contributed by atoms with Crippen molar-refractivity contribution in [2.75, 3.05) is 0 Å². The van der Waals surface area contributed by atoms with Crippen molar-refractivity contribution in [2.24, 2.45) is 5.73 Å². The van der Waals surface area contributed by atoms with E-state index in [2.05, 4.69) is 52.1 Å². The Balaban J connectivity index is 2.11. The van der Waals surface area contributed by atoms with E-state index < -0.39 is 0 Å². The van der Waals surface area contributed by atoms with Gasteiger partial charge < -0.3 is 5.73 Å². The summed E-state index contributed by atoms with van der Waals surface area (Å²) in [6.07, 6.45) is 4.42. The topological polar surface area (TPSA) is 38.9 Å². The lowest BCUT2D eigenvalue weighted by molar-refractivity contribution is 0.717. The lowest BCUT2D eigenvalue weighted by Gasteiger charge is -2.12. The van der Waals surface area contributed by atoms with Crippen LogP contribution >= 0.6 is 15.9 Å². The molecule has 0 radical (unpaired) electrons. The van der Waals surface area contributed by atoms with E-state index in [0.29, 0.717) is 0 Å². The minimum absolute atomic E-state index is 0.0114. The Morgan fingerprint density at radius 2 is 1.94 bits per heavy atom. The molecule has 2 N–H and O–H groups in total. The molecule has 0 aliphatic heterocycles. The van der Waals surface area contributed by atoms with Gasteiger partial charge in [0.15, 0.2) is 0 Å². The van der Waals surface area contributed by atoms with Crippen molar-refractivity contribution in [3.8, 4) is 0 Å². The number of aromatic nitrogens is 1. The summed E-state index contributed by atoms with van der Waals surface area (Å²) in [6, 6.07) is 10.5. The summed E-state index contributed by atoms with van der Waals surface area (Å²) in [7, 11) is 0. The van der Waals surface area contributed by atoms with Crippen molar-refractivity contribution in [2.45, 2.75) is 19.4 Å². The lowest BCUT2D eigenvalue weighted by atomic mass is 10.0. The van der Waals surface area contributed by atoms with Gasteiger partial charge in [0.05, 0.1) is 0 Å². The van der Waals surface area contributed by atoms with E-state index in [1.165, 1.54) is 11.1 Å². The van der Waals surface area contributed by atoms with Crippen LogP contribution in [-0.2, 0) is 6.42 Å². The first-order valence-corrected chi connectivity index (χ1v) is 6.36. The molecule has 1 atom stereocenters. The number of aryl methyl sites for hydroxylation is 1. The Hall–Kier alpha value is -1.19. The highest BCUT2D eigenvalue weighted by Gasteiger charge is 2.07. The molecule has 1 aromatic carbocycles. The number of hydrogen-bond acceptors (Lipinski definition) is 2. The van der Waals surface area contributed by atoms with Crippen LogP contribution in [-0.4, -0.2) is 4.98 Å². The molecule has 17 heavy (non-hydrogen) atoms. The molecule has 0 spiro atoms. The maximum absolute atomic E-state index is 6.17. The summed E-state index contributed by atoms with van der Waals surface area (Å²) in [5, 5.41) is 0. The Bertz CT molecular complexity index is 494. The fourth-order valence-electron chi connectivity index (χ4n) is 1.73. The van der Waals surface area contributed by atoms with Gasteiger partial charge in [0.25, 0.3) is 0 Å². The van der Waals surface area contributed by atoms with Crippen molar-refractivity contribution < 1.29 is 0 Å². The van der Waals surface area contributed by atoms with Gasteiger partial charge in [-0.15, -0.1) is 0 Å². The molecule has 0 amide bonds. The van der Waals surface area contributed by atoms with Crippen molar-refractivity contribution in [1.29, 1.82) is 0 Å². The van der Waals surface area contributed by atoms with E-state index >= 15 is 0 Å². The van der Waals surface area contributed by atoms with Gasteiger partial charge in [0.2, 0.25) is 0 Å². The molecule has 1 aromatic heterocycles. The van der Waals surface area contributed by atoms with Crippen LogP contribution in [0, 0.1) is 6.92 Å². The molecular formula is C14H15BrN2. The third-order valence-corrected chi connectivity index (χ3v) is 3.16. The van der Waals surface area contributed by atoms with Crippen molar-refractivity contribution >= 4 is 15.9 Å². The molecule has 1 heterocycles. The van der Waals surface area contributed by atoms with Crippen LogP contribution in [0.15, 0.2) is 47.2 Å². The summed E-state index contributed by atoms with van der Waals surface area (Å²) in [6.45, 7) is 2.09. The minimum atomic E-state index is -0.0114. The number of benzene rings is 1. The van der Waals surface area contributed by atoms with Crippen LogP contribution < -0.4 is 5.73 Å². The Morgan fingerprint density at radius 1 is 1.24 bits per heavy atom. The summed E-state index contributed by atoms with van der Waals surface area (Å²) >= 11 is 3.41. The first-order valence-electron chi connectivity index (χ1n) is 5.57. The maximum Gasteiger partial charge on any atom is 0.0410 e. The first kappa shape index (κ1) is 12.3. The molecule has 0 aliphatic carbocycles. The molecule has 1 unspecified atom stereocenters. The van der Waals surface area contributed by atoms with Crippen LogP contribution in [0.4, 0.5) is 0 Å². The van der Waals surface area contributed by atoms with E-state index in [-0.39, 0.29) is 6.04 Å². The van der Waals surface area contributed by atoms with Crippen LogP contribution in [0.2, 0.25) is 0 Å². The molecule has 0 aliphatic rings. The van der Waals surface area contributed by atoms with Gasteiger partial charge in [0.1, 0.15) is 0 Å². The highest BCUT2D eigenvalue weighted by molar-refractivity contribution is 9.10. The van der Waals surface area contributed by atoms with Gasteiger partial charge in [-0.25, -0.2) is 0 Å². The average Bonchev–Trinajstić information content (AvgIpc) is 2.32. The lowest BCUT2D eigenvalue weighted by Crippen LogP contribution is -2.13. The van der Waals surface area contributed by atoms with Crippen LogP contribution in [0.25, 0.3) is 0 Å². The van der Waals surface area contributed by atoms with E-state index in [1.807, 2.05) is 12.3 Å². The van der Waals surface area contributed by atoms with E-state index in [9.17, 15) is 0 Å². The predicted molar refractivity (Wildman–Crippen MR) is 73.7 cm³/mol. The Morgan fingerprint density at radius 3 is 2.59 bits per heavy atom. The second-order valence-electron chi connectivity index (χ2n) is 4.23. The van der Waals surface area contributed by atoms with Crippen molar-refractivity contribution in [3.63, 3.8) is 0 Å². The normalized spacial score (nSPS) is 12.4. The summed E-state index contributed by atoms with van der Waals surface area (Å²) < 4.78 is 0.967. The summed E-state index contributed by atoms with van der Waals surface area (Å²) in [4.78, 5) is 4.13.